The molecule has 2 aromatic carbocycles. The average Bonchev–Trinajstić information content (AvgIpc) is 2.47. The van der Waals surface area contributed by atoms with Crippen molar-refractivity contribution >= 4 is 18.5 Å². The van der Waals surface area contributed by atoms with Gasteiger partial charge in [-0.3, -0.25) is 0 Å². The van der Waals surface area contributed by atoms with E-state index in [-0.39, 0.29) is 5.82 Å². The van der Waals surface area contributed by atoms with Crippen molar-refractivity contribution in [3.05, 3.63) is 58.9 Å². The largest absolute Gasteiger partial charge is 0.380 e. The highest BCUT2D eigenvalue weighted by Gasteiger charge is 2.09. The quantitative estimate of drug-likeness (QED) is 0.744. The standard InChI is InChI=1S/C16H19FOP2/c1-18-8-14-6-11(9-19)2-5-15(14)12-3-4-13(10-20)16(17)7-12/h2-7H,8-10,19-20H2,1H3. The molecule has 20 heavy (non-hydrogen) atoms. The number of hydrogen-bond donors (Lipinski definition) is 0. The van der Waals surface area contributed by atoms with Crippen LogP contribution in [0, 0.1) is 5.82 Å². The minimum Gasteiger partial charge on any atom is -0.380 e. The van der Waals surface area contributed by atoms with Gasteiger partial charge < -0.3 is 4.74 Å². The maximum Gasteiger partial charge on any atom is 0.127 e. The average molecular weight is 308 g/mol. The lowest BCUT2D eigenvalue weighted by atomic mass is 9.97. The number of rotatable bonds is 5. The molecule has 2 unspecified atom stereocenters. The van der Waals surface area contributed by atoms with Gasteiger partial charge in [0.25, 0.3) is 0 Å². The summed E-state index contributed by atoms with van der Waals surface area (Å²) in [5, 5.41) is 0. The van der Waals surface area contributed by atoms with Crippen LogP contribution >= 0.6 is 18.5 Å². The van der Waals surface area contributed by atoms with E-state index in [4.69, 9.17) is 4.74 Å². The number of benzene rings is 2. The minimum atomic E-state index is -0.156. The summed E-state index contributed by atoms with van der Waals surface area (Å²) >= 11 is 0. The monoisotopic (exact) mass is 308 g/mol. The predicted octanol–water partition coefficient (Wildman–Crippen LogP) is 4.39. The van der Waals surface area contributed by atoms with Crippen molar-refractivity contribution in [2.45, 2.75) is 18.9 Å². The van der Waals surface area contributed by atoms with Gasteiger partial charge in [0.2, 0.25) is 0 Å². The SMILES string of the molecule is COCc1cc(CP)ccc1-c1ccc(CP)c(F)c1. The summed E-state index contributed by atoms with van der Waals surface area (Å²) in [5.74, 6) is -0.156. The smallest absolute Gasteiger partial charge is 0.127 e. The topological polar surface area (TPSA) is 9.23 Å². The molecule has 0 aromatic heterocycles. The normalized spacial score (nSPS) is 10.8. The zero-order valence-corrected chi connectivity index (χ0v) is 13.8. The third-order valence-electron chi connectivity index (χ3n) is 3.29. The van der Waals surface area contributed by atoms with Crippen LogP contribution in [-0.4, -0.2) is 7.11 Å². The molecule has 2 rings (SSSR count). The number of halogens is 1. The van der Waals surface area contributed by atoms with Gasteiger partial charge in [0.05, 0.1) is 6.61 Å². The van der Waals surface area contributed by atoms with Crippen molar-refractivity contribution < 1.29 is 9.13 Å². The lowest BCUT2D eigenvalue weighted by Gasteiger charge is -2.12. The molecule has 4 heteroatoms. The molecule has 106 valence electrons. The van der Waals surface area contributed by atoms with Crippen LogP contribution in [0.1, 0.15) is 16.7 Å². The Hall–Kier alpha value is -0.810. The van der Waals surface area contributed by atoms with Gasteiger partial charge in [-0.2, -0.15) is 0 Å². The van der Waals surface area contributed by atoms with Crippen molar-refractivity contribution in [2.75, 3.05) is 7.11 Å². The fourth-order valence-electron chi connectivity index (χ4n) is 2.21. The van der Waals surface area contributed by atoms with E-state index < -0.39 is 0 Å². The zero-order valence-electron chi connectivity index (χ0n) is 11.5. The Morgan fingerprint density at radius 3 is 2.40 bits per heavy atom. The van der Waals surface area contributed by atoms with Crippen molar-refractivity contribution in [2.24, 2.45) is 0 Å². The first-order valence-electron chi connectivity index (χ1n) is 6.49. The van der Waals surface area contributed by atoms with Crippen LogP contribution in [0.5, 0.6) is 0 Å². The fourth-order valence-corrected chi connectivity index (χ4v) is 2.80. The van der Waals surface area contributed by atoms with E-state index in [2.05, 4.69) is 30.6 Å². The number of hydrogen-bond acceptors (Lipinski definition) is 1. The summed E-state index contributed by atoms with van der Waals surface area (Å²) in [6, 6.07) is 11.7. The van der Waals surface area contributed by atoms with Gasteiger partial charge in [0, 0.05) is 7.11 Å². The van der Waals surface area contributed by atoms with Crippen LogP contribution in [-0.2, 0) is 23.7 Å². The summed E-state index contributed by atoms with van der Waals surface area (Å²) in [6.45, 7) is 0.529. The number of methoxy groups -OCH3 is 1. The lowest BCUT2D eigenvalue weighted by Crippen LogP contribution is -1.95. The molecular formula is C16H19FOP2. The Labute approximate surface area is 124 Å². The van der Waals surface area contributed by atoms with Crippen LogP contribution in [0.3, 0.4) is 0 Å². The second kappa shape index (κ2) is 7.27. The number of ether oxygens (including phenoxy) is 1. The van der Waals surface area contributed by atoms with Gasteiger partial charge in [-0.1, -0.05) is 30.3 Å². The highest BCUT2D eigenvalue weighted by atomic mass is 31.0. The van der Waals surface area contributed by atoms with Crippen LogP contribution in [0.2, 0.25) is 0 Å². The van der Waals surface area contributed by atoms with Gasteiger partial charge in [0.15, 0.2) is 0 Å². The highest BCUT2D eigenvalue weighted by molar-refractivity contribution is 7.15. The van der Waals surface area contributed by atoms with Crippen molar-refractivity contribution in [3.8, 4) is 11.1 Å². The minimum absolute atomic E-state index is 0.156. The molecule has 2 aromatic rings. The molecule has 0 saturated carbocycles. The zero-order chi connectivity index (χ0) is 14.5. The van der Waals surface area contributed by atoms with Crippen LogP contribution < -0.4 is 0 Å². The van der Waals surface area contributed by atoms with Crippen LogP contribution in [0.25, 0.3) is 11.1 Å². The molecule has 0 amide bonds. The predicted molar refractivity (Wildman–Crippen MR) is 89.4 cm³/mol. The fraction of sp³-hybridized carbons (Fsp3) is 0.250. The first-order valence-corrected chi connectivity index (χ1v) is 8.12. The van der Waals surface area contributed by atoms with E-state index in [1.165, 1.54) is 5.56 Å². The Morgan fingerprint density at radius 2 is 1.80 bits per heavy atom. The maximum absolute atomic E-state index is 14.0. The highest BCUT2D eigenvalue weighted by Crippen LogP contribution is 2.28. The summed E-state index contributed by atoms with van der Waals surface area (Å²) in [5.41, 5.74) is 4.96. The van der Waals surface area contributed by atoms with Gasteiger partial charge in [0.1, 0.15) is 5.82 Å². The first-order chi connectivity index (χ1) is 9.69. The van der Waals surface area contributed by atoms with E-state index in [1.54, 1.807) is 13.2 Å². The molecule has 0 fully saturated rings. The van der Waals surface area contributed by atoms with Crippen LogP contribution in [0.4, 0.5) is 4.39 Å². The summed E-state index contributed by atoms with van der Waals surface area (Å²) in [4.78, 5) is 0. The summed E-state index contributed by atoms with van der Waals surface area (Å²) in [6.07, 6.45) is 1.53. The van der Waals surface area contributed by atoms with E-state index in [9.17, 15) is 4.39 Å². The molecule has 0 saturated heterocycles. The van der Waals surface area contributed by atoms with E-state index >= 15 is 0 Å². The summed E-state index contributed by atoms with van der Waals surface area (Å²) < 4.78 is 19.2. The Kier molecular flexibility index (Phi) is 5.66. The Morgan fingerprint density at radius 1 is 1.00 bits per heavy atom. The molecular weight excluding hydrogens is 289 g/mol. The second-order valence-electron chi connectivity index (χ2n) is 4.64. The summed E-state index contributed by atoms with van der Waals surface area (Å²) in [7, 11) is 6.94. The molecule has 1 nitrogen and oxygen atoms in total. The Balaban J connectivity index is 2.48. The van der Waals surface area contributed by atoms with E-state index in [0.717, 1.165) is 22.9 Å². The molecule has 0 aliphatic rings. The third-order valence-corrected chi connectivity index (χ3v) is 4.20. The van der Waals surface area contributed by atoms with E-state index in [1.807, 2.05) is 18.2 Å². The molecule has 0 aliphatic heterocycles. The van der Waals surface area contributed by atoms with Crippen molar-refractivity contribution in [1.82, 2.24) is 0 Å². The third kappa shape index (κ3) is 3.44. The molecule has 0 spiro atoms. The molecule has 0 N–H and O–H groups in total. The van der Waals surface area contributed by atoms with Crippen molar-refractivity contribution in [3.63, 3.8) is 0 Å². The molecule has 0 radical (unpaired) electrons. The van der Waals surface area contributed by atoms with Gasteiger partial charge in [-0.25, -0.2) is 4.39 Å². The molecule has 0 aliphatic carbocycles. The molecule has 0 bridgehead atoms. The van der Waals surface area contributed by atoms with Crippen molar-refractivity contribution in [1.29, 1.82) is 0 Å². The molecule has 0 heterocycles. The first kappa shape index (κ1) is 15.6. The van der Waals surface area contributed by atoms with E-state index in [0.29, 0.717) is 18.3 Å². The Bertz CT molecular complexity index is 599. The van der Waals surface area contributed by atoms with Gasteiger partial charge in [-0.15, -0.1) is 18.5 Å². The van der Waals surface area contributed by atoms with Gasteiger partial charge >= 0.3 is 0 Å². The second-order valence-corrected chi connectivity index (χ2v) is 5.46. The lowest BCUT2D eigenvalue weighted by molar-refractivity contribution is 0.185. The van der Waals surface area contributed by atoms with Gasteiger partial charge in [-0.05, 0) is 46.2 Å². The molecule has 2 atom stereocenters. The maximum atomic E-state index is 14.0. The van der Waals surface area contributed by atoms with Crippen LogP contribution in [0.15, 0.2) is 36.4 Å².